The maximum Gasteiger partial charge on any atom is 0.0771 e. The molecule has 1 aromatic rings. The second-order valence-corrected chi connectivity index (χ2v) is 7.16. The maximum atomic E-state index is 9.38. The molecule has 0 bridgehead atoms. The minimum atomic E-state index is -0.181. The molecule has 2 aliphatic carbocycles. The molecule has 0 radical (unpaired) electrons. The lowest BCUT2D eigenvalue weighted by Gasteiger charge is -2.35. The lowest BCUT2D eigenvalue weighted by atomic mass is 9.81. The van der Waals surface area contributed by atoms with Crippen LogP contribution in [0.3, 0.4) is 0 Å². The van der Waals surface area contributed by atoms with Crippen molar-refractivity contribution in [2.75, 3.05) is 0 Å². The van der Waals surface area contributed by atoms with E-state index < -0.39 is 0 Å². The van der Waals surface area contributed by atoms with Crippen LogP contribution >= 0.6 is 0 Å². The number of benzene rings is 1. The predicted octanol–water partition coefficient (Wildman–Crippen LogP) is 3.43. The Balaban J connectivity index is 1.73. The molecule has 0 spiro atoms. The van der Waals surface area contributed by atoms with E-state index in [0.29, 0.717) is 11.3 Å². The summed E-state index contributed by atoms with van der Waals surface area (Å²) in [6, 6.07) is 10.4. The van der Waals surface area contributed by atoms with Crippen molar-refractivity contribution in [3.63, 3.8) is 0 Å². The third-order valence-electron chi connectivity index (χ3n) is 5.61. The fraction of sp³-hybridized carbons (Fsp3) is 0.588. The van der Waals surface area contributed by atoms with Crippen molar-refractivity contribution in [1.29, 1.82) is 0 Å². The lowest BCUT2D eigenvalue weighted by molar-refractivity contribution is 0.293. The van der Waals surface area contributed by atoms with E-state index in [1.165, 1.54) is 5.56 Å². The zero-order chi connectivity index (χ0) is 14.4. The Kier molecular flexibility index (Phi) is 3.13. The van der Waals surface area contributed by atoms with Crippen molar-refractivity contribution in [2.24, 2.45) is 22.4 Å². The molecule has 20 heavy (non-hydrogen) atoms. The molecule has 0 amide bonds. The fourth-order valence-corrected chi connectivity index (χ4v) is 3.88. The summed E-state index contributed by atoms with van der Waals surface area (Å²) in [7, 11) is 0. The van der Waals surface area contributed by atoms with Gasteiger partial charge in [0.1, 0.15) is 0 Å². The number of hydrogen-bond acceptors (Lipinski definition) is 3. The number of fused-ring (bicyclic) bond motifs is 1. The molecule has 0 aliphatic heterocycles. The molecule has 108 valence electrons. The Morgan fingerprint density at radius 2 is 1.90 bits per heavy atom. The van der Waals surface area contributed by atoms with Gasteiger partial charge in [0.05, 0.1) is 11.3 Å². The van der Waals surface area contributed by atoms with Crippen molar-refractivity contribution in [3.05, 3.63) is 35.9 Å². The Morgan fingerprint density at radius 3 is 2.55 bits per heavy atom. The predicted molar refractivity (Wildman–Crippen MR) is 80.9 cm³/mol. The Hall–Kier alpha value is -1.35. The van der Waals surface area contributed by atoms with Crippen LogP contribution in [0.4, 0.5) is 0 Å². The summed E-state index contributed by atoms with van der Waals surface area (Å²) in [5, 5.41) is 16.6. The van der Waals surface area contributed by atoms with E-state index in [0.717, 1.165) is 31.0 Å². The lowest BCUT2D eigenvalue weighted by Crippen LogP contribution is -2.51. The largest absolute Gasteiger partial charge is 0.411 e. The Morgan fingerprint density at radius 1 is 1.20 bits per heavy atom. The van der Waals surface area contributed by atoms with Crippen LogP contribution in [0.5, 0.6) is 0 Å². The molecular formula is C17H24N2O. The first-order valence-electron chi connectivity index (χ1n) is 7.48. The highest BCUT2D eigenvalue weighted by atomic mass is 16.4. The van der Waals surface area contributed by atoms with Gasteiger partial charge in [0.25, 0.3) is 0 Å². The topological polar surface area (TPSA) is 44.6 Å². The van der Waals surface area contributed by atoms with Crippen LogP contribution in [-0.2, 0) is 6.54 Å². The van der Waals surface area contributed by atoms with Gasteiger partial charge in [-0.25, -0.2) is 0 Å². The summed E-state index contributed by atoms with van der Waals surface area (Å²) in [6.07, 6.45) is 1.99. The van der Waals surface area contributed by atoms with Crippen molar-refractivity contribution in [3.8, 4) is 0 Å². The van der Waals surface area contributed by atoms with Gasteiger partial charge in [-0.2, -0.15) is 0 Å². The molecule has 2 N–H and O–H groups in total. The number of hydrogen-bond donors (Lipinski definition) is 2. The van der Waals surface area contributed by atoms with Crippen molar-refractivity contribution >= 4 is 5.71 Å². The summed E-state index contributed by atoms with van der Waals surface area (Å²) in [5.41, 5.74) is 2.41. The third-order valence-corrected chi connectivity index (χ3v) is 5.61. The highest BCUT2D eigenvalue weighted by Gasteiger charge is 2.63. The minimum Gasteiger partial charge on any atom is -0.411 e. The van der Waals surface area contributed by atoms with Gasteiger partial charge < -0.3 is 10.5 Å². The van der Waals surface area contributed by atoms with Gasteiger partial charge in [-0.15, -0.1) is 0 Å². The number of nitrogens with zero attached hydrogens (tertiary/aromatic N) is 1. The molecule has 0 unspecified atom stereocenters. The molecule has 1 aromatic carbocycles. The molecule has 3 rings (SSSR count). The second kappa shape index (κ2) is 4.59. The first-order valence-corrected chi connectivity index (χ1v) is 7.48. The van der Waals surface area contributed by atoms with Gasteiger partial charge in [-0.1, -0.05) is 49.3 Å². The first kappa shape index (κ1) is 13.6. The Labute approximate surface area is 121 Å². The van der Waals surface area contributed by atoms with E-state index in [2.05, 4.69) is 55.5 Å². The molecule has 0 saturated heterocycles. The van der Waals surface area contributed by atoms with Crippen LogP contribution in [0.1, 0.15) is 39.2 Å². The van der Waals surface area contributed by atoms with Gasteiger partial charge in [0, 0.05) is 6.54 Å². The molecule has 3 atom stereocenters. The quantitative estimate of drug-likeness (QED) is 0.654. The van der Waals surface area contributed by atoms with Crippen LogP contribution in [0.25, 0.3) is 0 Å². The van der Waals surface area contributed by atoms with Crippen LogP contribution in [0.15, 0.2) is 35.5 Å². The fourth-order valence-electron chi connectivity index (χ4n) is 3.88. The minimum absolute atomic E-state index is 0.181. The summed E-state index contributed by atoms with van der Waals surface area (Å²) >= 11 is 0. The van der Waals surface area contributed by atoms with E-state index in [-0.39, 0.29) is 5.54 Å². The smallest absolute Gasteiger partial charge is 0.0771 e. The molecule has 0 heterocycles. The Bertz CT molecular complexity index is 523. The number of nitrogens with one attached hydrogen (secondary N) is 1. The normalized spacial score (nSPS) is 36.6. The second-order valence-electron chi connectivity index (χ2n) is 7.16. The van der Waals surface area contributed by atoms with Crippen LogP contribution < -0.4 is 5.32 Å². The van der Waals surface area contributed by atoms with Crippen molar-refractivity contribution in [1.82, 2.24) is 5.32 Å². The van der Waals surface area contributed by atoms with Gasteiger partial charge in [-0.3, -0.25) is 0 Å². The van der Waals surface area contributed by atoms with Crippen LogP contribution in [-0.4, -0.2) is 16.5 Å². The van der Waals surface area contributed by atoms with E-state index >= 15 is 0 Å². The van der Waals surface area contributed by atoms with Crippen LogP contribution in [0, 0.1) is 17.3 Å². The average molecular weight is 272 g/mol. The molecule has 2 aliphatic rings. The molecule has 3 nitrogen and oxygen atoms in total. The zero-order valence-electron chi connectivity index (χ0n) is 12.6. The standard InChI is InChI=1S/C17H24N2O/c1-16(2)13-9-15(19-20)17(3,10-14(13)16)18-11-12-7-5-4-6-8-12/h4-8,13-14,18,20H,9-11H2,1-3H3/b19-15+/t13-,14-,17-/m0/s1. The highest BCUT2D eigenvalue weighted by Crippen LogP contribution is 2.65. The van der Waals surface area contributed by atoms with E-state index in [1.54, 1.807) is 0 Å². The van der Waals surface area contributed by atoms with E-state index in [9.17, 15) is 5.21 Å². The molecule has 0 aromatic heterocycles. The zero-order valence-corrected chi connectivity index (χ0v) is 12.6. The average Bonchev–Trinajstić information content (AvgIpc) is 2.97. The monoisotopic (exact) mass is 272 g/mol. The summed E-state index contributed by atoms with van der Waals surface area (Å²) in [4.78, 5) is 0. The highest BCUT2D eigenvalue weighted by molar-refractivity contribution is 5.94. The summed E-state index contributed by atoms with van der Waals surface area (Å²) < 4.78 is 0. The third kappa shape index (κ3) is 2.14. The number of rotatable bonds is 3. The van der Waals surface area contributed by atoms with Gasteiger partial charge in [-0.05, 0) is 42.6 Å². The summed E-state index contributed by atoms with van der Waals surface area (Å²) in [5.74, 6) is 1.45. The molecule has 3 heteroatoms. The molecular weight excluding hydrogens is 248 g/mol. The van der Waals surface area contributed by atoms with E-state index in [4.69, 9.17) is 0 Å². The van der Waals surface area contributed by atoms with Crippen LogP contribution in [0.2, 0.25) is 0 Å². The maximum absolute atomic E-state index is 9.38. The number of oxime groups is 1. The SMILES string of the molecule is CC1(C)[C@H]2C/C(=N\O)[C@@](C)(NCc3ccccc3)C[C@@H]21. The van der Waals surface area contributed by atoms with E-state index in [1.807, 2.05) is 6.07 Å². The molecule has 2 fully saturated rings. The van der Waals surface area contributed by atoms with Gasteiger partial charge >= 0.3 is 0 Å². The van der Waals surface area contributed by atoms with Crippen molar-refractivity contribution in [2.45, 2.75) is 45.7 Å². The van der Waals surface area contributed by atoms with Gasteiger partial charge in [0.2, 0.25) is 0 Å². The van der Waals surface area contributed by atoms with Gasteiger partial charge in [0.15, 0.2) is 0 Å². The van der Waals surface area contributed by atoms with Crippen molar-refractivity contribution < 1.29 is 5.21 Å². The molecule has 2 saturated carbocycles. The first-order chi connectivity index (χ1) is 9.47. The summed E-state index contributed by atoms with van der Waals surface area (Å²) in [6.45, 7) is 7.66.